The van der Waals surface area contributed by atoms with Gasteiger partial charge < -0.3 is 10.1 Å². The fraction of sp³-hybridized carbons (Fsp3) is 0.133. The Morgan fingerprint density at radius 3 is 2.65 bits per heavy atom. The number of halogens is 2. The van der Waals surface area contributed by atoms with Gasteiger partial charge in [0, 0.05) is 3.57 Å². The second kappa shape index (κ2) is 6.45. The molecule has 0 aliphatic heterocycles. The van der Waals surface area contributed by atoms with E-state index in [1.807, 2.05) is 31.2 Å². The summed E-state index contributed by atoms with van der Waals surface area (Å²) in [6, 6.07) is 11.1. The Morgan fingerprint density at radius 1 is 1.30 bits per heavy atom. The largest absolute Gasteiger partial charge is 0.494 e. The molecule has 0 unspecified atom stereocenters. The van der Waals surface area contributed by atoms with Crippen molar-refractivity contribution in [3.63, 3.8) is 0 Å². The molecular weight excluding hydrogens is 389 g/mol. The van der Waals surface area contributed by atoms with Crippen LogP contribution in [-0.4, -0.2) is 13.0 Å². The molecule has 1 amide bonds. The van der Waals surface area contributed by atoms with Crippen LogP contribution in [0.2, 0.25) is 5.02 Å². The molecule has 0 aromatic heterocycles. The average molecular weight is 402 g/mol. The van der Waals surface area contributed by atoms with E-state index in [4.69, 9.17) is 16.3 Å². The van der Waals surface area contributed by atoms with Gasteiger partial charge in [0.2, 0.25) is 0 Å². The summed E-state index contributed by atoms with van der Waals surface area (Å²) in [5.41, 5.74) is 2.10. The van der Waals surface area contributed by atoms with Crippen LogP contribution in [0.3, 0.4) is 0 Å². The van der Waals surface area contributed by atoms with Crippen molar-refractivity contribution in [2.75, 3.05) is 12.4 Å². The summed E-state index contributed by atoms with van der Waals surface area (Å²) in [6.45, 7) is 1.88. The zero-order chi connectivity index (χ0) is 14.7. The number of anilines is 1. The van der Waals surface area contributed by atoms with E-state index in [2.05, 4.69) is 27.9 Å². The molecule has 2 aromatic rings. The third-order valence-electron chi connectivity index (χ3n) is 2.76. The number of aryl methyl sites for hydroxylation is 1. The maximum absolute atomic E-state index is 12.4. The van der Waals surface area contributed by atoms with Gasteiger partial charge in [0.15, 0.2) is 0 Å². The smallest absolute Gasteiger partial charge is 0.259 e. The van der Waals surface area contributed by atoms with Crippen molar-refractivity contribution < 1.29 is 9.53 Å². The monoisotopic (exact) mass is 401 g/mol. The van der Waals surface area contributed by atoms with E-state index in [0.717, 1.165) is 14.8 Å². The number of amides is 1. The number of benzene rings is 2. The predicted octanol–water partition coefficient (Wildman–Crippen LogP) is 4.51. The Morgan fingerprint density at radius 2 is 2.00 bits per heavy atom. The number of carbonyl (C=O) groups is 1. The van der Waals surface area contributed by atoms with Crippen molar-refractivity contribution in [1.29, 1.82) is 0 Å². The molecule has 0 fully saturated rings. The predicted molar refractivity (Wildman–Crippen MR) is 89.9 cm³/mol. The van der Waals surface area contributed by atoms with Gasteiger partial charge in [-0.05, 0) is 59.3 Å². The molecule has 0 aliphatic carbocycles. The molecule has 0 bridgehead atoms. The number of ether oxygens (including phenoxy) is 1. The maximum Gasteiger partial charge on any atom is 0.259 e. The summed E-state index contributed by atoms with van der Waals surface area (Å²) in [7, 11) is 1.50. The van der Waals surface area contributed by atoms with Crippen LogP contribution in [0.5, 0.6) is 5.75 Å². The zero-order valence-corrected chi connectivity index (χ0v) is 13.9. The first-order valence-electron chi connectivity index (χ1n) is 5.93. The molecular formula is C15H13ClINO2. The number of methoxy groups -OCH3 is 1. The van der Waals surface area contributed by atoms with E-state index in [1.54, 1.807) is 12.1 Å². The Bertz CT molecular complexity index is 658. The van der Waals surface area contributed by atoms with Crippen molar-refractivity contribution in [3.8, 4) is 5.75 Å². The minimum Gasteiger partial charge on any atom is -0.494 e. The molecule has 0 radical (unpaired) electrons. The lowest BCUT2D eigenvalue weighted by Crippen LogP contribution is -2.14. The lowest BCUT2D eigenvalue weighted by atomic mass is 10.1. The van der Waals surface area contributed by atoms with Gasteiger partial charge in [-0.2, -0.15) is 0 Å². The van der Waals surface area contributed by atoms with E-state index < -0.39 is 0 Å². The highest BCUT2D eigenvalue weighted by molar-refractivity contribution is 14.1. The summed E-state index contributed by atoms with van der Waals surface area (Å²) in [5, 5.41) is 3.30. The Labute approximate surface area is 136 Å². The summed E-state index contributed by atoms with van der Waals surface area (Å²) in [4.78, 5) is 12.4. The molecule has 0 aliphatic rings. The third-order valence-corrected chi connectivity index (χ3v) is 3.98. The van der Waals surface area contributed by atoms with Crippen molar-refractivity contribution >= 4 is 45.8 Å². The highest BCUT2D eigenvalue weighted by atomic mass is 127. The first kappa shape index (κ1) is 15.1. The summed E-state index contributed by atoms with van der Waals surface area (Å²) in [5.74, 6) is 0.150. The first-order valence-corrected chi connectivity index (χ1v) is 7.38. The lowest BCUT2D eigenvalue weighted by Gasteiger charge is -2.12. The molecule has 0 atom stereocenters. The quantitative estimate of drug-likeness (QED) is 0.768. The Balaban J connectivity index is 2.37. The third kappa shape index (κ3) is 3.24. The topological polar surface area (TPSA) is 38.3 Å². The summed E-state index contributed by atoms with van der Waals surface area (Å²) >= 11 is 8.28. The van der Waals surface area contributed by atoms with E-state index in [9.17, 15) is 4.79 Å². The fourth-order valence-electron chi connectivity index (χ4n) is 1.86. The molecule has 5 heteroatoms. The minimum absolute atomic E-state index is 0.239. The van der Waals surface area contributed by atoms with Crippen LogP contribution in [0, 0.1) is 10.5 Å². The van der Waals surface area contributed by atoms with Gasteiger partial charge in [-0.1, -0.05) is 23.7 Å². The zero-order valence-electron chi connectivity index (χ0n) is 11.0. The molecule has 0 saturated carbocycles. The second-order valence-corrected chi connectivity index (χ2v) is 5.83. The number of hydrogen-bond donors (Lipinski definition) is 1. The lowest BCUT2D eigenvalue weighted by molar-refractivity contribution is 0.102. The van der Waals surface area contributed by atoms with Gasteiger partial charge in [-0.3, -0.25) is 4.79 Å². The van der Waals surface area contributed by atoms with Crippen LogP contribution >= 0.6 is 34.2 Å². The van der Waals surface area contributed by atoms with Crippen molar-refractivity contribution in [1.82, 2.24) is 0 Å². The molecule has 104 valence electrons. The van der Waals surface area contributed by atoms with Crippen molar-refractivity contribution in [2.45, 2.75) is 6.92 Å². The minimum atomic E-state index is -0.239. The standard InChI is InChI=1S/C15H13ClINO2/c1-9-7-10(14(20-2)11(16)8-9)15(19)18-13-6-4-3-5-12(13)17/h3-8H,1-2H3,(H,18,19). The van der Waals surface area contributed by atoms with Gasteiger partial charge in [0.25, 0.3) is 5.91 Å². The number of para-hydroxylation sites is 1. The molecule has 0 heterocycles. The molecule has 0 spiro atoms. The molecule has 2 aromatic carbocycles. The van der Waals surface area contributed by atoms with Crippen LogP contribution in [0.1, 0.15) is 15.9 Å². The highest BCUT2D eigenvalue weighted by Crippen LogP contribution is 2.31. The van der Waals surface area contributed by atoms with Gasteiger partial charge in [0.05, 0.1) is 23.4 Å². The van der Waals surface area contributed by atoms with E-state index in [1.165, 1.54) is 7.11 Å². The molecule has 3 nitrogen and oxygen atoms in total. The summed E-state index contributed by atoms with van der Waals surface area (Å²) < 4.78 is 6.19. The van der Waals surface area contributed by atoms with Crippen molar-refractivity contribution in [2.24, 2.45) is 0 Å². The number of hydrogen-bond acceptors (Lipinski definition) is 2. The molecule has 1 N–H and O–H groups in total. The van der Waals surface area contributed by atoms with E-state index in [-0.39, 0.29) is 5.91 Å². The normalized spacial score (nSPS) is 10.2. The van der Waals surface area contributed by atoms with Gasteiger partial charge in [-0.15, -0.1) is 0 Å². The van der Waals surface area contributed by atoms with Gasteiger partial charge in [0.1, 0.15) is 5.75 Å². The number of rotatable bonds is 3. The first-order chi connectivity index (χ1) is 9.52. The van der Waals surface area contributed by atoms with Crippen LogP contribution in [0.4, 0.5) is 5.69 Å². The molecule has 20 heavy (non-hydrogen) atoms. The van der Waals surface area contributed by atoms with Crippen LogP contribution in [0.15, 0.2) is 36.4 Å². The van der Waals surface area contributed by atoms with E-state index >= 15 is 0 Å². The number of carbonyl (C=O) groups excluding carboxylic acids is 1. The van der Waals surface area contributed by atoms with Crippen LogP contribution in [-0.2, 0) is 0 Å². The van der Waals surface area contributed by atoms with Crippen LogP contribution in [0.25, 0.3) is 0 Å². The number of nitrogens with one attached hydrogen (secondary N) is 1. The maximum atomic E-state index is 12.4. The Kier molecular flexibility index (Phi) is 4.88. The molecule has 0 saturated heterocycles. The van der Waals surface area contributed by atoms with Gasteiger partial charge >= 0.3 is 0 Å². The fourth-order valence-corrected chi connectivity index (χ4v) is 2.73. The highest BCUT2D eigenvalue weighted by Gasteiger charge is 2.17. The SMILES string of the molecule is COc1c(Cl)cc(C)cc1C(=O)Nc1ccccc1I. The van der Waals surface area contributed by atoms with Crippen molar-refractivity contribution in [3.05, 3.63) is 56.1 Å². The Hall–Kier alpha value is -1.27. The van der Waals surface area contributed by atoms with Gasteiger partial charge in [-0.25, -0.2) is 0 Å². The van der Waals surface area contributed by atoms with Crippen LogP contribution < -0.4 is 10.1 Å². The summed E-state index contributed by atoms with van der Waals surface area (Å²) in [6.07, 6.45) is 0. The second-order valence-electron chi connectivity index (χ2n) is 4.26. The van der Waals surface area contributed by atoms with E-state index in [0.29, 0.717) is 16.3 Å². The molecule has 2 rings (SSSR count). The average Bonchev–Trinajstić information content (AvgIpc) is 2.40.